The Morgan fingerprint density at radius 1 is 1.20 bits per heavy atom. The standard InChI is InChI=1S/C17H25N3O5/c1-19(12-17(22)20-6-8-25-9-7-20)11-16(21)18-14-5-4-13(23-2)10-15(14)24-3/h4-5,10H,6-9,11-12H2,1-3H3,(H,18,21). The predicted molar refractivity (Wildman–Crippen MR) is 93.1 cm³/mol. The summed E-state index contributed by atoms with van der Waals surface area (Å²) in [6, 6.07) is 5.15. The number of carbonyl (C=O) groups is 2. The zero-order valence-corrected chi connectivity index (χ0v) is 14.9. The van der Waals surface area contributed by atoms with Crippen LogP contribution < -0.4 is 14.8 Å². The van der Waals surface area contributed by atoms with E-state index >= 15 is 0 Å². The van der Waals surface area contributed by atoms with E-state index in [1.165, 1.54) is 7.11 Å². The Bertz CT molecular complexity index is 602. The van der Waals surface area contributed by atoms with Gasteiger partial charge in [-0.2, -0.15) is 0 Å². The molecule has 1 heterocycles. The maximum absolute atomic E-state index is 12.2. The smallest absolute Gasteiger partial charge is 0.238 e. The third-order valence-electron chi connectivity index (χ3n) is 3.87. The summed E-state index contributed by atoms with van der Waals surface area (Å²) in [4.78, 5) is 27.8. The molecular weight excluding hydrogens is 326 g/mol. The van der Waals surface area contributed by atoms with Crippen molar-refractivity contribution in [3.05, 3.63) is 18.2 Å². The molecule has 0 saturated carbocycles. The number of morpholine rings is 1. The quantitative estimate of drug-likeness (QED) is 0.768. The number of likely N-dealkylation sites (N-methyl/N-ethyl adjacent to an activating group) is 1. The minimum atomic E-state index is -0.222. The highest BCUT2D eigenvalue weighted by molar-refractivity contribution is 5.94. The number of amides is 2. The van der Waals surface area contributed by atoms with Crippen LogP contribution in [0.4, 0.5) is 5.69 Å². The van der Waals surface area contributed by atoms with Gasteiger partial charge in [-0.05, 0) is 19.2 Å². The number of hydrogen-bond acceptors (Lipinski definition) is 6. The summed E-state index contributed by atoms with van der Waals surface area (Å²) >= 11 is 0. The SMILES string of the molecule is COc1ccc(NC(=O)CN(C)CC(=O)N2CCOCC2)c(OC)c1. The lowest BCUT2D eigenvalue weighted by Crippen LogP contribution is -2.46. The van der Waals surface area contributed by atoms with E-state index in [1.807, 2.05) is 0 Å². The van der Waals surface area contributed by atoms with Crippen LogP contribution in [-0.2, 0) is 14.3 Å². The van der Waals surface area contributed by atoms with Gasteiger partial charge in [0, 0.05) is 19.2 Å². The second-order valence-corrected chi connectivity index (χ2v) is 5.78. The van der Waals surface area contributed by atoms with Crippen molar-refractivity contribution in [3.8, 4) is 11.5 Å². The van der Waals surface area contributed by atoms with E-state index in [0.717, 1.165) is 0 Å². The third kappa shape index (κ3) is 5.61. The van der Waals surface area contributed by atoms with E-state index in [-0.39, 0.29) is 24.9 Å². The number of anilines is 1. The van der Waals surface area contributed by atoms with Crippen LogP contribution in [-0.4, -0.2) is 82.3 Å². The molecule has 8 nitrogen and oxygen atoms in total. The van der Waals surface area contributed by atoms with Crippen molar-refractivity contribution in [1.82, 2.24) is 9.80 Å². The molecule has 0 bridgehead atoms. The van der Waals surface area contributed by atoms with E-state index in [2.05, 4.69) is 5.32 Å². The first-order valence-electron chi connectivity index (χ1n) is 8.09. The zero-order valence-electron chi connectivity index (χ0n) is 14.9. The molecule has 2 amide bonds. The van der Waals surface area contributed by atoms with E-state index < -0.39 is 0 Å². The molecule has 0 atom stereocenters. The van der Waals surface area contributed by atoms with Crippen molar-refractivity contribution < 1.29 is 23.8 Å². The average molecular weight is 351 g/mol. The van der Waals surface area contributed by atoms with Crippen molar-refractivity contribution in [3.63, 3.8) is 0 Å². The summed E-state index contributed by atoms with van der Waals surface area (Å²) in [6.07, 6.45) is 0. The lowest BCUT2D eigenvalue weighted by atomic mass is 10.2. The Hall–Kier alpha value is -2.32. The van der Waals surface area contributed by atoms with Gasteiger partial charge in [-0.25, -0.2) is 0 Å². The number of carbonyl (C=O) groups excluding carboxylic acids is 2. The monoisotopic (exact) mass is 351 g/mol. The molecular formula is C17H25N3O5. The van der Waals surface area contributed by atoms with Gasteiger partial charge in [0.2, 0.25) is 11.8 Å². The summed E-state index contributed by atoms with van der Waals surface area (Å²) in [5.41, 5.74) is 0.557. The number of hydrogen-bond donors (Lipinski definition) is 1. The third-order valence-corrected chi connectivity index (χ3v) is 3.87. The van der Waals surface area contributed by atoms with Crippen LogP contribution in [0.3, 0.4) is 0 Å². The summed E-state index contributed by atoms with van der Waals surface area (Å²) in [5, 5.41) is 2.79. The predicted octanol–water partition coefficient (Wildman–Crippen LogP) is 0.433. The number of ether oxygens (including phenoxy) is 3. The minimum Gasteiger partial charge on any atom is -0.497 e. The normalized spacial score (nSPS) is 14.3. The lowest BCUT2D eigenvalue weighted by molar-refractivity contribution is -0.136. The second kappa shape index (κ2) is 9.24. The molecule has 0 unspecified atom stereocenters. The van der Waals surface area contributed by atoms with Gasteiger partial charge in [0.1, 0.15) is 11.5 Å². The fourth-order valence-corrected chi connectivity index (χ4v) is 2.54. The number of nitrogens with one attached hydrogen (secondary N) is 1. The highest BCUT2D eigenvalue weighted by Crippen LogP contribution is 2.28. The van der Waals surface area contributed by atoms with Gasteiger partial charge in [-0.15, -0.1) is 0 Å². The van der Waals surface area contributed by atoms with Crippen LogP contribution in [0.2, 0.25) is 0 Å². The van der Waals surface area contributed by atoms with Crippen LogP contribution in [0.25, 0.3) is 0 Å². The van der Waals surface area contributed by atoms with Crippen molar-refractivity contribution in [2.24, 2.45) is 0 Å². The Morgan fingerprint density at radius 3 is 2.56 bits per heavy atom. The summed E-state index contributed by atoms with van der Waals surface area (Å²) in [5.74, 6) is 0.934. The molecule has 0 radical (unpaired) electrons. The molecule has 1 fully saturated rings. The summed E-state index contributed by atoms with van der Waals surface area (Å²) < 4.78 is 15.6. The fraction of sp³-hybridized carbons (Fsp3) is 0.529. The summed E-state index contributed by atoms with van der Waals surface area (Å²) in [6.45, 7) is 2.61. The number of rotatable bonds is 7. The van der Waals surface area contributed by atoms with E-state index in [1.54, 1.807) is 42.2 Å². The Morgan fingerprint density at radius 2 is 1.92 bits per heavy atom. The van der Waals surface area contributed by atoms with Gasteiger partial charge in [-0.1, -0.05) is 0 Å². The molecule has 1 aromatic carbocycles. The van der Waals surface area contributed by atoms with E-state index in [0.29, 0.717) is 43.5 Å². The average Bonchev–Trinajstić information content (AvgIpc) is 2.62. The first-order chi connectivity index (χ1) is 12.0. The molecule has 25 heavy (non-hydrogen) atoms. The van der Waals surface area contributed by atoms with Crippen LogP contribution >= 0.6 is 0 Å². The largest absolute Gasteiger partial charge is 0.497 e. The molecule has 1 aliphatic heterocycles. The van der Waals surface area contributed by atoms with Gasteiger partial charge in [0.25, 0.3) is 0 Å². The zero-order chi connectivity index (χ0) is 18.2. The highest BCUT2D eigenvalue weighted by Gasteiger charge is 2.19. The number of benzene rings is 1. The topological polar surface area (TPSA) is 80.3 Å². The van der Waals surface area contributed by atoms with Gasteiger partial charge in [0.05, 0.1) is 46.2 Å². The molecule has 138 valence electrons. The second-order valence-electron chi connectivity index (χ2n) is 5.78. The maximum atomic E-state index is 12.2. The van der Waals surface area contributed by atoms with Gasteiger partial charge >= 0.3 is 0 Å². The highest BCUT2D eigenvalue weighted by atomic mass is 16.5. The summed E-state index contributed by atoms with van der Waals surface area (Å²) in [7, 11) is 4.83. The van der Waals surface area contributed by atoms with Crippen LogP contribution in [0.15, 0.2) is 18.2 Å². The van der Waals surface area contributed by atoms with E-state index in [9.17, 15) is 9.59 Å². The van der Waals surface area contributed by atoms with Crippen molar-refractivity contribution in [1.29, 1.82) is 0 Å². The van der Waals surface area contributed by atoms with Crippen molar-refractivity contribution in [2.45, 2.75) is 0 Å². The maximum Gasteiger partial charge on any atom is 0.238 e. The molecule has 1 N–H and O–H groups in total. The molecule has 0 aliphatic carbocycles. The molecule has 0 spiro atoms. The first-order valence-corrected chi connectivity index (χ1v) is 8.09. The van der Waals surface area contributed by atoms with Crippen molar-refractivity contribution >= 4 is 17.5 Å². The van der Waals surface area contributed by atoms with Crippen LogP contribution in [0.5, 0.6) is 11.5 Å². The molecule has 1 aromatic rings. The van der Waals surface area contributed by atoms with Gasteiger partial charge in [0.15, 0.2) is 0 Å². The van der Waals surface area contributed by atoms with Crippen LogP contribution in [0.1, 0.15) is 0 Å². The Kier molecular flexibility index (Phi) is 7.03. The number of nitrogens with zero attached hydrogens (tertiary/aromatic N) is 2. The first kappa shape index (κ1) is 19.0. The molecule has 0 aromatic heterocycles. The Balaban J connectivity index is 1.85. The van der Waals surface area contributed by atoms with Gasteiger partial charge in [-0.3, -0.25) is 14.5 Å². The number of methoxy groups -OCH3 is 2. The van der Waals surface area contributed by atoms with Crippen molar-refractivity contribution in [2.75, 3.05) is 66.0 Å². The fourth-order valence-electron chi connectivity index (χ4n) is 2.54. The molecule has 1 aliphatic rings. The lowest BCUT2D eigenvalue weighted by Gasteiger charge is -2.28. The molecule has 1 saturated heterocycles. The van der Waals surface area contributed by atoms with E-state index in [4.69, 9.17) is 14.2 Å². The minimum absolute atomic E-state index is 0.000582. The molecule has 2 rings (SSSR count). The van der Waals surface area contributed by atoms with Crippen LogP contribution in [0, 0.1) is 0 Å². The van der Waals surface area contributed by atoms with Gasteiger partial charge < -0.3 is 24.4 Å². The Labute approximate surface area is 147 Å². The molecule has 8 heteroatoms.